The van der Waals surface area contributed by atoms with Gasteiger partial charge in [0.25, 0.3) is 0 Å². The number of hydrogen-bond acceptors (Lipinski definition) is 4. The van der Waals surface area contributed by atoms with Crippen molar-refractivity contribution in [3.63, 3.8) is 0 Å². The van der Waals surface area contributed by atoms with Crippen LogP contribution in [0.15, 0.2) is 18.5 Å². The number of nitrogens with zero attached hydrogens (tertiary/aromatic N) is 2. The second kappa shape index (κ2) is 5.42. The molecule has 5 heteroatoms. The highest BCUT2D eigenvalue weighted by Gasteiger charge is 2.14. The molecule has 2 rings (SSSR count). The lowest BCUT2D eigenvalue weighted by Crippen LogP contribution is -2.22. The van der Waals surface area contributed by atoms with E-state index in [9.17, 15) is 0 Å². The first-order chi connectivity index (χ1) is 8.20. The van der Waals surface area contributed by atoms with E-state index in [2.05, 4.69) is 53.4 Å². The van der Waals surface area contributed by atoms with Gasteiger partial charge in [0, 0.05) is 15.8 Å². The summed E-state index contributed by atoms with van der Waals surface area (Å²) in [6.07, 6.45) is 2.65. The molecule has 0 bridgehead atoms. The molecule has 2 aromatic heterocycles. The minimum Gasteiger partial charge on any atom is -0.300 e. The van der Waals surface area contributed by atoms with Crippen molar-refractivity contribution in [1.82, 2.24) is 20.5 Å². The van der Waals surface area contributed by atoms with Crippen LogP contribution in [0.25, 0.3) is 0 Å². The Morgan fingerprint density at radius 2 is 2.18 bits per heavy atom. The Bertz CT molecular complexity index is 449. The van der Waals surface area contributed by atoms with Crippen LogP contribution in [-0.4, -0.2) is 15.2 Å². The van der Waals surface area contributed by atoms with Crippen molar-refractivity contribution in [1.29, 1.82) is 0 Å². The van der Waals surface area contributed by atoms with Gasteiger partial charge in [-0.3, -0.25) is 5.10 Å². The number of hydrogen-bond donors (Lipinski definition) is 2. The molecule has 2 atom stereocenters. The van der Waals surface area contributed by atoms with Crippen LogP contribution in [-0.2, 0) is 6.42 Å². The highest BCUT2D eigenvalue weighted by molar-refractivity contribution is 7.12. The molecule has 0 fully saturated rings. The predicted octanol–water partition coefficient (Wildman–Crippen LogP) is 2.84. The van der Waals surface area contributed by atoms with Crippen molar-refractivity contribution in [3.05, 3.63) is 34.0 Å². The number of aromatic nitrogens is 3. The van der Waals surface area contributed by atoms with Gasteiger partial charge in [0.05, 0.1) is 6.04 Å². The van der Waals surface area contributed by atoms with Gasteiger partial charge in [0.15, 0.2) is 0 Å². The molecule has 2 N–H and O–H groups in total. The summed E-state index contributed by atoms with van der Waals surface area (Å²) in [6, 6.07) is 4.92. The molecular weight excluding hydrogens is 232 g/mol. The number of aromatic amines is 1. The Kier molecular flexibility index (Phi) is 3.91. The smallest absolute Gasteiger partial charge is 0.141 e. The van der Waals surface area contributed by atoms with Gasteiger partial charge in [0.2, 0.25) is 0 Å². The van der Waals surface area contributed by atoms with E-state index < -0.39 is 0 Å². The Balaban J connectivity index is 1.99. The van der Waals surface area contributed by atoms with Crippen molar-refractivity contribution in [2.24, 2.45) is 0 Å². The lowest BCUT2D eigenvalue weighted by molar-refractivity contribution is 0.482. The van der Waals surface area contributed by atoms with E-state index in [0.717, 1.165) is 12.2 Å². The zero-order valence-electron chi connectivity index (χ0n) is 10.4. The highest BCUT2D eigenvalue weighted by Crippen LogP contribution is 2.25. The van der Waals surface area contributed by atoms with E-state index in [1.807, 2.05) is 11.3 Å². The highest BCUT2D eigenvalue weighted by atomic mass is 32.1. The van der Waals surface area contributed by atoms with Crippen molar-refractivity contribution in [3.8, 4) is 0 Å². The Hall–Kier alpha value is -1.20. The molecule has 0 spiro atoms. The molecule has 0 aliphatic rings. The summed E-state index contributed by atoms with van der Waals surface area (Å²) >= 11 is 1.87. The van der Waals surface area contributed by atoms with Gasteiger partial charge in [-0.15, -0.1) is 11.3 Å². The van der Waals surface area contributed by atoms with Crippen LogP contribution in [0.2, 0.25) is 0 Å². The lowest BCUT2D eigenvalue weighted by atomic mass is 10.2. The molecule has 2 aromatic rings. The maximum absolute atomic E-state index is 4.16. The first kappa shape index (κ1) is 12.3. The Morgan fingerprint density at radius 1 is 1.35 bits per heavy atom. The number of H-pyrrole nitrogens is 1. The predicted molar refractivity (Wildman–Crippen MR) is 70.0 cm³/mol. The van der Waals surface area contributed by atoms with Gasteiger partial charge in [-0.05, 0) is 32.4 Å². The molecule has 17 heavy (non-hydrogen) atoms. The topological polar surface area (TPSA) is 53.6 Å². The summed E-state index contributed by atoms with van der Waals surface area (Å²) in [5.41, 5.74) is 0. The first-order valence-electron chi connectivity index (χ1n) is 5.90. The summed E-state index contributed by atoms with van der Waals surface area (Å²) in [5.74, 6) is 0.879. The monoisotopic (exact) mass is 250 g/mol. The minimum absolute atomic E-state index is 0.180. The van der Waals surface area contributed by atoms with Gasteiger partial charge >= 0.3 is 0 Å². The fourth-order valence-corrected chi connectivity index (χ4v) is 2.74. The molecule has 0 saturated carbocycles. The van der Waals surface area contributed by atoms with Crippen LogP contribution in [0, 0.1) is 0 Å². The molecule has 2 unspecified atom stereocenters. The van der Waals surface area contributed by atoms with Gasteiger partial charge in [-0.1, -0.05) is 6.92 Å². The summed E-state index contributed by atoms with van der Waals surface area (Å²) < 4.78 is 0. The molecule has 0 aromatic carbocycles. The fraction of sp³-hybridized carbons (Fsp3) is 0.500. The molecule has 92 valence electrons. The van der Waals surface area contributed by atoms with Crippen molar-refractivity contribution in [2.75, 3.05) is 0 Å². The number of rotatable bonds is 5. The third kappa shape index (κ3) is 2.92. The van der Waals surface area contributed by atoms with Crippen LogP contribution < -0.4 is 5.32 Å². The van der Waals surface area contributed by atoms with Gasteiger partial charge < -0.3 is 5.32 Å². The average molecular weight is 250 g/mol. The molecule has 2 heterocycles. The quantitative estimate of drug-likeness (QED) is 0.858. The molecular formula is C12H18N4S. The van der Waals surface area contributed by atoms with Crippen LogP contribution in [0.4, 0.5) is 0 Å². The second-order valence-electron chi connectivity index (χ2n) is 4.14. The van der Waals surface area contributed by atoms with E-state index in [4.69, 9.17) is 0 Å². The molecule has 4 nitrogen and oxygen atoms in total. The van der Waals surface area contributed by atoms with Gasteiger partial charge in [0.1, 0.15) is 12.2 Å². The van der Waals surface area contributed by atoms with E-state index >= 15 is 0 Å². The van der Waals surface area contributed by atoms with Crippen LogP contribution in [0.1, 0.15) is 48.4 Å². The first-order valence-corrected chi connectivity index (χ1v) is 6.72. The fourth-order valence-electron chi connectivity index (χ4n) is 1.78. The van der Waals surface area contributed by atoms with E-state index in [0.29, 0.717) is 6.04 Å². The Morgan fingerprint density at radius 3 is 2.76 bits per heavy atom. The number of aryl methyl sites for hydroxylation is 1. The second-order valence-corrected chi connectivity index (χ2v) is 5.34. The summed E-state index contributed by atoms with van der Waals surface area (Å²) in [6.45, 7) is 6.45. The molecule has 0 saturated heterocycles. The van der Waals surface area contributed by atoms with Crippen molar-refractivity contribution in [2.45, 2.75) is 39.3 Å². The molecule has 0 radical (unpaired) electrons. The molecule has 0 aliphatic carbocycles. The maximum atomic E-state index is 4.16. The standard InChI is InChI=1S/C12H18N4S/c1-4-10-5-6-11(17-10)8(2)15-9(3)12-13-7-14-16-12/h5-9,15H,4H2,1-3H3,(H,13,14,16). The lowest BCUT2D eigenvalue weighted by Gasteiger charge is -2.16. The normalized spacial score (nSPS) is 14.8. The average Bonchev–Trinajstić information content (AvgIpc) is 3.00. The maximum Gasteiger partial charge on any atom is 0.141 e. The third-order valence-electron chi connectivity index (χ3n) is 2.80. The molecule has 0 amide bonds. The molecule has 0 aliphatic heterocycles. The van der Waals surface area contributed by atoms with E-state index in [-0.39, 0.29) is 6.04 Å². The number of thiophene rings is 1. The van der Waals surface area contributed by atoms with E-state index in [1.54, 1.807) is 6.33 Å². The van der Waals surface area contributed by atoms with Crippen LogP contribution >= 0.6 is 11.3 Å². The summed E-state index contributed by atoms with van der Waals surface area (Å²) in [5, 5.41) is 10.3. The van der Waals surface area contributed by atoms with Crippen LogP contribution in [0.3, 0.4) is 0 Å². The zero-order chi connectivity index (χ0) is 12.3. The van der Waals surface area contributed by atoms with Crippen molar-refractivity contribution < 1.29 is 0 Å². The summed E-state index contributed by atoms with van der Waals surface area (Å²) in [4.78, 5) is 6.96. The van der Waals surface area contributed by atoms with Gasteiger partial charge in [-0.25, -0.2) is 4.98 Å². The zero-order valence-corrected chi connectivity index (χ0v) is 11.2. The SMILES string of the molecule is CCc1ccc(C(C)NC(C)c2ncn[nH]2)s1. The minimum atomic E-state index is 0.180. The van der Waals surface area contributed by atoms with Crippen LogP contribution in [0.5, 0.6) is 0 Å². The summed E-state index contributed by atoms with van der Waals surface area (Å²) in [7, 11) is 0. The largest absolute Gasteiger partial charge is 0.300 e. The third-order valence-corrected chi connectivity index (χ3v) is 4.21. The van der Waals surface area contributed by atoms with Gasteiger partial charge in [-0.2, -0.15) is 5.10 Å². The van der Waals surface area contributed by atoms with Crippen molar-refractivity contribution >= 4 is 11.3 Å². The Labute approximate surface area is 105 Å². The van der Waals surface area contributed by atoms with E-state index in [1.165, 1.54) is 9.75 Å². The number of nitrogens with one attached hydrogen (secondary N) is 2.